The zero-order chi connectivity index (χ0) is 20.2. The molecule has 1 saturated heterocycles. The smallest absolute Gasteiger partial charge is 0.251 e. The predicted octanol–water partition coefficient (Wildman–Crippen LogP) is 2.59. The van der Waals surface area contributed by atoms with E-state index < -0.39 is 0 Å². The summed E-state index contributed by atoms with van der Waals surface area (Å²) in [6.07, 6.45) is 7.64. The van der Waals surface area contributed by atoms with Crippen LogP contribution in [0.15, 0.2) is 36.5 Å². The zero-order valence-corrected chi connectivity index (χ0v) is 16.7. The van der Waals surface area contributed by atoms with Crippen molar-refractivity contribution < 1.29 is 9.59 Å². The predicted molar refractivity (Wildman–Crippen MR) is 113 cm³/mol. The van der Waals surface area contributed by atoms with E-state index in [0.717, 1.165) is 62.1 Å². The highest BCUT2D eigenvalue weighted by molar-refractivity contribution is 5.96. The van der Waals surface area contributed by atoms with Crippen molar-refractivity contribution in [3.63, 3.8) is 0 Å². The Morgan fingerprint density at radius 1 is 1.10 bits per heavy atom. The van der Waals surface area contributed by atoms with Gasteiger partial charge >= 0.3 is 0 Å². The molecule has 1 aromatic heterocycles. The molecule has 1 aromatic carbocycles. The Balaban J connectivity index is 1.45. The molecule has 3 N–H and O–H groups in total. The first-order valence-corrected chi connectivity index (χ1v) is 10.5. The van der Waals surface area contributed by atoms with Crippen LogP contribution in [0.4, 0.5) is 5.82 Å². The Labute approximate surface area is 171 Å². The number of nitrogens with zero attached hydrogens (tertiary/aromatic N) is 2. The average molecular weight is 393 g/mol. The van der Waals surface area contributed by atoms with Crippen LogP contribution in [0.3, 0.4) is 0 Å². The molecule has 0 atom stereocenters. The number of hydrogen-bond acceptors (Lipinski definition) is 4. The highest BCUT2D eigenvalue weighted by atomic mass is 16.2. The summed E-state index contributed by atoms with van der Waals surface area (Å²) in [6, 6.07) is 9.95. The van der Waals surface area contributed by atoms with Crippen LogP contribution < -0.4 is 16.0 Å². The molecule has 1 aliphatic carbocycles. The van der Waals surface area contributed by atoms with E-state index in [2.05, 4.69) is 21.3 Å². The van der Waals surface area contributed by atoms with Crippen LogP contribution in [0, 0.1) is 5.92 Å². The van der Waals surface area contributed by atoms with Crippen molar-refractivity contribution in [3.8, 4) is 0 Å². The molecule has 29 heavy (non-hydrogen) atoms. The second kappa shape index (κ2) is 8.64. The Kier molecular flexibility index (Phi) is 5.79. The minimum atomic E-state index is -0.218. The van der Waals surface area contributed by atoms with Crippen molar-refractivity contribution >= 4 is 17.6 Å². The summed E-state index contributed by atoms with van der Waals surface area (Å²) in [4.78, 5) is 31.1. The fraction of sp³-hybridized carbons (Fsp3) is 0.435. The van der Waals surface area contributed by atoms with E-state index in [4.69, 9.17) is 5.73 Å². The topological polar surface area (TPSA) is 88.3 Å². The lowest BCUT2D eigenvalue weighted by Crippen LogP contribution is -2.39. The van der Waals surface area contributed by atoms with Gasteiger partial charge in [0.05, 0.1) is 0 Å². The monoisotopic (exact) mass is 392 g/mol. The van der Waals surface area contributed by atoms with Gasteiger partial charge in [-0.3, -0.25) is 9.59 Å². The molecule has 2 aromatic rings. The van der Waals surface area contributed by atoms with Crippen LogP contribution in [0.1, 0.15) is 52.7 Å². The number of nitrogens with two attached hydrogens (primary N) is 1. The summed E-state index contributed by atoms with van der Waals surface area (Å²) >= 11 is 0. The van der Waals surface area contributed by atoms with Gasteiger partial charge in [-0.05, 0) is 61.8 Å². The number of carbonyl (C=O) groups is 2. The van der Waals surface area contributed by atoms with Crippen molar-refractivity contribution in [2.75, 3.05) is 18.0 Å². The van der Waals surface area contributed by atoms with Crippen LogP contribution in [-0.4, -0.2) is 29.9 Å². The minimum Gasteiger partial charge on any atom is -0.369 e. The van der Waals surface area contributed by atoms with Gasteiger partial charge in [0.2, 0.25) is 5.91 Å². The molecular weight excluding hydrogens is 364 g/mol. The van der Waals surface area contributed by atoms with Gasteiger partial charge in [0.15, 0.2) is 0 Å². The second-order valence-corrected chi connectivity index (χ2v) is 7.98. The van der Waals surface area contributed by atoms with Gasteiger partial charge in [-0.25, -0.2) is 4.98 Å². The number of piperidine rings is 1. The van der Waals surface area contributed by atoms with E-state index in [-0.39, 0.29) is 17.7 Å². The van der Waals surface area contributed by atoms with Gasteiger partial charge in [-0.1, -0.05) is 18.2 Å². The molecule has 6 heteroatoms. The number of fused-ring (bicyclic) bond motifs is 1. The highest BCUT2D eigenvalue weighted by Crippen LogP contribution is 2.26. The Hall–Kier alpha value is -2.89. The number of benzene rings is 1. The molecule has 152 valence electrons. The van der Waals surface area contributed by atoms with Gasteiger partial charge in [-0.15, -0.1) is 0 Å². The molecule has 0 spiro atoms. The molecule has 0 saturated carbocycles. The average Bonchev–Trinajstić information content (AvgIpc) is 2.77. The van der Waals surface area contributed by atoms with E-state index in [9.17, 15) is 9.59 Å². The number of anilines is 1. The summed E-state index contributed by atoms with van der Waals surface area (Å²) in [7, 11) is 0. The molecule has 0 unspecified atom stereocenters. The number of carbonyl (C=O) groups excluding carboxylic acids is 2. The summed E-state index contributed by atoms with van der Waals surface area (Å²) in [5.74, 6) is 0.587. The number of nitrogens with one attached hydrogen (secondary N) is 1. The van der Waals surface area contributed by atoms with Crippen molar-refractivity contribution in [3.05, 3.63) is 58.8 Å². The standard InChI is InChI=1S/C23H28N4O2/c24-21(28)17-10-13-27(14-11-17)22-18(7-4-12-25-22)15-26-23(29)20-9-3-6-16-5-1-2-8-19(16)20/h3-4,6-7,9,12,17H,1-2,5,8,10-11,13-15H2,(H2,24,28)(H,26,29). The van der Waals surface area contributed by atoms with Gasteiger partial charge in [0, 0.05) is 42.9 Å². The first-order valence-electron chi connectivity index (χ1n) is 10.5. The zero-order valence-electron chi connectivity index (χ0n) is 16.7. The van der Waals surface area contributed by atoms with E-state index in [0.29, 0.717) is 6.54 Å². The molecular formula is C23H28N4O2. The largest absolute Gasteiger partial charge is 0.369 e. The fourth-order valence-electron chi connectivity index (χ4n) is 4.49. The number of aromatic nitrogens is 1. The van der Waals surface area contributed by atoms with Gasteiger partial charge in [0.25, 0.3) is 5.91 Å². The third kappa shape index (κ3) is 4.26. The number of hydrogen-bond donors (Lipinski definition) is 2. The van der Waals surface area contributed by atoms with Crippen molar-refractivity contribution in [2.24, 2.45) is 11.7 Å². The van der Waals surface area contributed by atoms with E-state index in [1.54, 1.807) is 6.20 Å². The quantitative estimate of drug-likeness (QED) is 0.819. The maximum absolute atomic E-state index is 12.9. The van der Waals surface area contributed by atoms with Crippen LogP contribution in [0.2, 0.25) is 0 Å². The summed E-state index contributed by atoms with van der Waals surface area (Å²) in [5.41, 5.74) is 9.75. The normalized spacial score (nSPS) is 16.9. The molecule has 1 aliphatic heterocycles. The molecule has 1 fully saturated rings. The number of aryl methyl sites for hydroxylation is 1. The molecule has 6 nitrogen and oxygen atoms in total. The van der Waals surface area contributed by atoms with E-state index >= 15 is 0 Å². The van der Waals surface area contributed by atoms with Crippen molar-refractivity contribution in [1.29, 1.82) is 0 Å². The molecule has 2 heterocycles. The van der Waals surface area contributed by atoms with Crippen LogP contribution in [0.25, 0.3) is 0 Å². The Bertz CT molecular complexity index is 904. The first-order chi connectivity index (χ1) is 14.1. The number of rotatable bonds is 5. The lowest BCUT2D eigenvalue weighted by Gasteiger charge is -2.32. The summed E-state index contributed by atoms with van der Waals surface area (Å²) < 4.78 is 0. The Morgan fingerprint density at radius 3 is 2.69 bits per heavy atom. The fourth-order valence-corrected chi connectivity index (χ4v) is 4.49. The van der Waals surface area contributed by atoms with Crippen LogP contribution in [0.5, 0.6) is 0 Å². The third-order valence-corrected chi connectivity index (χ3v) is 6.14. The molecule has 0 bridgehead atoms. The van der Waals surface area contributed by atoms with Gasteiger partial charge in [-0.2, -0.15) is 0 Å². The number of primary amides is 1. The van der Waals surface area contributed by atoms with Crippen LogP contribution >= 0.6 is 0 Å². The molecule has 4 rings (SSSR count). The van der Waals surface area contributed by atoms with Gasteiger partial charge in [0.1, 0.15) is 5.82 Å². The van der Waals surface area contributed by atoms with Crippen LogP contribution in [-0.2, 0) is 24.2 Å². The summed E-state index contributed by atoms with van der Waals surface area (Å²) in [5, 5.41) is 3.09. The number of amides is 2. The first kappa shape index (κ1) is 19.4. The van der Waals surface area contributed by atoms with Gasteiger partial charge < -0.3 is 16.0 Å². The molecule has 2 amide bonds. The van der Waals surface area contributed by atoms with E-state index in [1.165, 1.54) is 17.5 Å². The van der Waals surface area contributed by atoms with Crippen molar-refractivity contribution in [2.45, 2.75) is 45.1 Å². The Morgan fingerprint density at radius 2 is 1.90 bits per heavy atom. The SMILES string of the molecule is NC(=O)C1CCN(c2ncccc2CNC(=O)c2cccc3c2CCCC3)CC1. The second-order valence-electron chi connectivity index (χ2n) is 7.98. The highest BCUT2D eigenvalue weighted by Gasteiger charge is 2.25. The molecule has 2 aliphatic rings. The lowest BCUT2D eigenvalue weighted by molar-refractivity contribution is -0.122. The maximum Gasteiger partial charge on any atom is 0.251 e. The maximum atomic E-state index is 12.9. The number of pyridine rings is 1. The molecule has 0 radical (unpaired) electrons. The van der Waals surface area contributed by atoms with E-state index in [1.807, 2.05) is 24.3 Å². The summed E-state index contributed by atoms with van der Waals surface area (Å²) in [6.45, 7) is 1.93. The minimum absolute atomic E-state index is 0.0222. The third-order valence-electron chi connectivity index (χ3n) is 6.14. The van der Waals surface area contributed by atoms with Crippen molar-refractivity contribution in [1.82, 2.24) is 10.3 Å². The lowest BCUT2D eigenvalue weighted by atomic mass is 9.88.